The van der Waals surface area contributed by atoms with E-state index >= 15 is 0 Å². The fraction of sp³-hybridized carbons (Fsp3) is 0.846. The molecular formula is C26H36O9. The van der Waals surface area contributed by atoms with Gasteiger partial charge in [0.2, 0.25) is 6.29 Å². The molecule has 0 radical (unpaired) electrons. The summed E-state index contributed by atoms with van der Waals surface area (Å²) in [5.41, 5.74) is -1.73. The van der Waals surface area contributed by atoms with E-state index in [-0.39, 0.29) is 23.7 Å². The van der Waals surface area contributed by atoms with E-state index in [1.165, 1.54) is 0 Å². The predicted molar refractivity (Wildman–Crippen MR) is 120 cm³/mol. The highest BCUT2D eigenvalue weighted by atomic mass is 16.7. The first-order valence-corrected chi connectivity index (χ1v) is 12.9. The molecule has 194 valence electrons. The molecule has 9 heteroatoms. The van der Waals surface area contributed by atoms with Crippen LogP contribution in [0.25, 0.3) is 0 Å². The molecule has 2 spiro atoms. The monoisotopic (exact) mass is 492 g/mol. The van der Waals surface area contributed by atoms with Gasteiger partial charge in [-0.25, -0.2) is 0 Å². The van der Waals surface area contributed by atoms with Crippen LogP contribution in [0.1, 0.15) is 58.8 Å². The number of hydrogen-bond acceptors (Lipinski definition) is 9. The first-order valence-electron chi connectivity index (χ1n) is 12.9. The number of carbonyl (C=O) groups excluding carboxylic acids is 2. The summed E-state index contributed by atoms with van der Waals surface area (Å²) in [5, 5.41) is 40.0. The zero-order valence-corrected chi connectivity index (χ0v) is 20.3. The molecule has 7 fully saturated rings. The zero-order valence-electron chi connectivity index (χ0n) is 20.3. The minimum atomic E-state index is -1.64. The molecule has 0 aromatic rings. The summed E-state index contributed by atoms with van der Waals surface area (Å²) < 4.78 is 17.7. The van der Waals surface area contributed by atoms with Crippen LogP contribution in [0.5, 0.6) is 0 Å². The third kappa shape index (κ3) is 2.64. The van der Waals surface area contributed by atoms with Gasteiger partial charge in [-0.15, -0.1) is 0 Å². The molecule has 0 aromatic heterocycles. The highest BCUT2D eigenvalue weighted by molar-refractivity contribution is 6.04. The summed E-state index contributed by atoms with van der Waals surface area (Å²) in [6.45, 7) is 7.58. The minimum absolute atomic E-state index is 0.0296. The fourth-order valence-electron chi connectivity index (χ4n) is 9.20. The van der Waals surface area contributed by atoms with Gasteiger partial charge in [0.1, 0.15) is 30.0 Å². The lowest BCUT2D eigenvalue weighted by atomic mass is 9.36. The highest BCUT2D eigenvalue weighted by Gasteiger charge is 2.87. The summed E-state index contributed by atoms with van der Waals surface area (Å²) in [6.07, 6.45) is -2.20. The molecule has 2 aliphatic heterocycles. The third-order valence-electron chi connectivity index (χ3n) is 11.0. The molecule has 0 amide bonds. The maximum atomic E-state index is 13.7. The van der Waals surface area contributed by atoms with E-state index in [2.05, 4.69) is 13.5 Å². The van der Waals surface area contributed by atoms with Crippen LogP contribution < -0.4 is 0 Å². The van der Waals surface area contributed by atoms with Crippen LogP contribution in [0.15, 0.2) is 12.2 Å². The van der Waals surface area contributed by atoms with Crippen LogP contribution in [0, 0.1) is 28.1 Å². The molecule has 7 rings (SSSR count). The van der Waals surface area contributed by atoms with Crippen LogP contribution in [0.2, 0.25) is 0 Å². The first-order chi connectivity index (χ1) is 16.5. The average molecular weight is 493 g/mol. The van der Waals surface area contributed by atoms with Crippen LogP contribution in [0.4, 0.5) is 0 Å². The number of esters is 1. The molecule has 0 aromatic carbocycles. The molecule has 5 saturated carbocycles. The van der Waals surface area contributed by atoms with E-state index in [0.717, 1.165) is 25.7 Å². The van der Waals surface area contributed by atoms with Crippen molar-refractivity contribution in [3.8, 4) is 0 Å². The second-order valence-corrected chi connectivity index (χ2v) is 12.2. The maximum absolute atomic E-state index is 13.7. The van der Waals surface area contributed by atoms with Gasteiger partial charge in [-0.3, -0.25) is 9.59 Å². The van der Waals surface area contributed by atoms with Crippen molar-refractivity contribution in [2.24, 2.45) is 28.1 Å². The van der Waals surface area contributed by atoms with Crippen LogP contribution in [0.3, 0.4) is 0 Å². The van der Waals surface area contributed by atoms with E-state index < -0.39 is 65.1 Å². The van der Waals surface area contributed by atoms with Gasteiger partial charge in [0, 0.05) is 11.3 Å². The number of rotatable bonds is 3. The number of Topliss-reactive ketones (excluding diaryl/α,β-unsaturated/α-hetero) is 1. The van der Waals surface area contributed by atoms with Gasteiger partial charge in [-0.2, -0.15) is 0 Å². The van der Waals surface area contributed by atoms with Crippen molar-refractivity contribution in [1.29, 1.82) is 0 Å². The molecular weight excluding hydrogens is 456 g/mol. The molecule has 9 nitrogen and oxygen atoms in total. The molecule has 2 bridgehead atoms. The molecule has 35 heavy (non-hydrogen) atoms. The van der Waals surface area contributed by atoms with E-state index in [1.54, 1.807) is 0 Å². The Labute approximate surface area is 204 Å². The van der Waals surface area contributed by atoms with Gasteiger partial charge in [-0.05, 0) is 56.9 Å². The first kappa shape index (κ1) is 24.0. The van der Waals surface area contributed by atoms with Crippen molar-refractivity contribution < 1.29 is 44.2 Å². The second-order valence-electron chi connectivity index (χ2n) is 12.2. The topological polar surface area (TPSA) is 146 Å². The van der Waals surface area contributed by atoms with Gasteiger partial charge in [0.25, 0.3) is 0 Å². The van der Waals surface area contributed by atoms with Crippen molar-refractivity contribution in [3.63, 3.8) is 0 Å². The molecule has 4 N–H and O–H groups in total. The number of ether oxygens (including phenoxy) is 3. The molecule has 12 atom stereocenters. The second kappa shape index (κ2) is 7.36. The standard InChI is InChI=1S/C26H36O9/c1-12-13-5-9-25(19(12)31)10-6-15-23(2,7-4-8-24(15,3)26(25)20(13)35-26)22(32)34-21-18(30)17(29)16(28)14(11-27)33-21/h13-18,20-21,27-30H,1,4-11H2,2-3H3. The van der Waals surface area contributed by atoms with Gasteiger partial charge in [0.05, 0.1) is 23.5 Å². The maximum Gasteiger partial charge on any atom is 0.314 e. The Hall–Kier alpha value is -1.36. The van der Waals surface area contributed by atoms with Crippen LogP contribution in [-0.2, 0) is 23.8 Å². The van der Waals surface area contributed by atoms with E-state index in [9.17, 15) is 30.0 Å². The van der Waals surface area contributed by atoms with Gasteiger partial charge >= 0.3 is 5.97 Å². The van der Waals surface area contributed by atoms with Crippen molar-refractivity contribution in [2.75, 3.05) is 6.61 Å². The van der Waals surface area contributed by atoms with Crippen molar-refractivity contribution >= 4 is 11.8 Å². The molecule has 2 heterocycles. The van der Waals surface area contributed by atoms with E-state index in [1.807, 2.05) is 6.92 Å². The highest BCUT2D eigenvalue weighted by Crippen LogP contribution is 2.80. The lowest BCUT2D eigenvalue weighted by Gasteiger charge is -2.64. The Bertz CT molecular complexity index is 980. The predicted octanol–water partition coefficient (Wildman–Crippen LogP) is 0.609. The number of fused-ring (bicyclic) bond motifs is 3. The number of carbonyl (C=O) groups is 2. The Morgan fingerprint density at radius 2 is 1.80 bits per heavy atom. The smallest absolute Gasteiger partial charge is 0.314 e. The Morgan fingerprint density at radius 1 is 1.09 bits per heavy atom. The van der Waals surface area contributed by atoms with Crippen LogP contribution >= 0.6 is 0 Å². The van der Waals surface area contributed by atoms with Gasteiger partial charge in [0.15, 0.2) is 5.78 Å². The normalized spacial score (nSPS) is 56.6. The van der Waals surface area contributed by atoms with Crippen molar-refractivity contribution in [2.45, 2.75) is 101 Å². The molecule has 12 unspecified atom stereocenters. The molecule has 7 aliphatic rings. The summed E-state index contributed by atoms with van der Waals surface area (Å²) in [6, 6.07) is 0. The Balaban J connectivity index is 1.30. The Kier molecular flexibility index (Phi) is 5.05. The third-order valence-corrected chi connectivity index (χ3v) is 11.0. The van der Waals surface area contributed by atoms with Crippen molar-refractivity contribution in [3.05, 3.63) is 12.2 Å². The van der Waals surface area contributed by atoms with E-state index in [4.69, 9.17) is 14.2 Å². The van der Waals surface area contributed by atoms with E-state index in [0.29, 0.717) is 24.8 Å². The number of epoxide rings is 1. The molecule has 5 aliphatic carbocycles. The average Bonchev–Trinajstić information content (AvgIpc) is 3.61. The summed E-state index contributed by atoms with van der Waals surface area (Å²) >= 11 is 0. The summed E-state index contributed by atoms with van der Waals surface area (Å²) in [4.78, 5) is 27.2. The lowest BCUT2D eigenvalue weighted by molar-refractivity contribution is -0.298. The summed E-state index contributed by atoms with van der Waals surface area (Å²) in [5.74, 6) is -0.441. The quantitative estimate of drug-likeness (QED) is 0.253. The van der Waals surface area contributed by atoms with Crippen molar-refractivity contribution in [1.82, 2.24) is 0 Å². The largest absolute Gasteiger partial charge is 0.432 e. The molecule has 2 saturated heterocycles. The number of aliphatic hydroxyl groups is 4. The SMILES string of the molecule is C=C1C(=O)C23CCC1C1OC12C1(C)CCCC(C)(C(=O)OC2OC(CO)C(O)C(O)C2O)C1CC3. The Morgan fingerprint density at radius 3 is 2.51 bits per heavy atom. The van der Waals surface area contributed by atoms with Gasteiger partial charge in [-0.1, -0.05) is 19.9 Å². The number of hydrogen-bond donors (Lipinski definition) is 4. The summed E-state index contributed by atoms with van der Waals surface area (Å²) in [7, 11) is 0. The zero-order chi connectivity index (χ0) is 25.1. The van der Waals surface area contributed by atoms with Crippen LogP contribution in [-0.4, -0.2) is 81.2 Å². The van der Waals surface area contributed by atoms with Gasteiger partial charge < -0.3 is 34.6 Å². The fourth-order valence-corrected chi connectivity index (χ4v) is 9.20. The minimum Gasteiger partial charge on any atom is -0.432 e. The lowest BCUT2D eigenvalue weighted by Crippen LogP contribution is -2.70. The number of ketones is 1. The number of aliphatic hydroxyl groups excluding tert-OH is 4.